The van der Waals surface area contributed by atoms with Gasteiger partial charge in [0.1, 0.15) is 5.78 Å². The molecule has 0 saturated heterocycles. The van der Waals surface area contributed by atoms with Gasteiger partial charge in [0.2, 0.25) is 0 Å². The van der Waals surface area contributed by atoms with Crippen LogP contribution >= 0.6 is 0 Å². The van der Waals surface area contributed by atoms with Crippen LogP contribution in [0.15, 0.2) is 12.2 Å². The minimum absolute atomic E-state index is 0.256. The minimum Gasteiger partial charge on any atom is -0.463 e. The molecule has 3 heteroatoms. The van der Waals surface area contributed by atoms with Crippen molar-refractivity contribution >= 4 is 11.8 Å². The molecular formula is C15H24O3. The maximum absolute atomic E-state index is 12.1. The van der Waals surface area contributed by atoms with Crippen LogP contribution < -0.4 is 0 Å². The molecule has 0 N–H and O–H groups in total. The van der Waals surface area contributed by atoms with Gasteiger partial charge in [-0.3, -0.25) is 4.79 Å². The summed E-state index contributed by atoms with van der Waals surface area (Å²) in [7, 11) is 0. The van der Waals surface area contributed by atoms with Gasteiger partial charge < -0.3 is 4.74 Å². The standard InChI is InChI=1S/C15H24O3/c1-6-18-14(17)11(4)9-15(5)12(10(2)3)7-8-13(15)16/h10,12H,4,6-9H2,1-3,5H3/t12-,15-/m0/s1. The third-order valence-corrected chi connectivity index (χ3v) is 4.09. The summed E-state index contributed by atoms with van der Waals surface area (Å²) >= 11 is 0. The summed E-state index contributed by atoms with van der Waals surface area (Å²) in [4.78, 5) is 23.8. The average Bonchev–Trinajstić information content (AvgIpc) is 2.55. The first-order valence-corrected chi connectivity index (χ1v) is 6.71. The summed E-state index contributed by atoms with van der Waals surface area (Å²) in [6, 6.07) is 0. The topological polar surface area (TPSA) is 43.4 Å². The molecule has 0 unspecified atom stereocenters. The van der Waals surface area contributed by atoms with Crippen molar-refractivity contribution in [3.8, 4) is 0 Å². The van der Waals surface area contributed by atoms with Crippen LogP contribution in [0.1, 0.15) is 47.0 Å². The van der Waals surface area contributed by atoms with Crippen molar-refractivity contribution in [1.82, 2.24) is 0 Å². The fourth-order valence-corrected chi connectivity index (χ4v) is 3.14. The van der Waals surface area contributed by atoms with Crippen molar-refractivity contribution in [3.63, 3.8) is 0 Å². The number of ketones is 1. The number of esters is 1. The highest BCUT2D eigenvalue weighted by Crippen LogP contribution is 2.48. The lowest BCUT2D eigenvalue weighted by molar-refractivity contribution is -0.139. The van der Waals surface area contributed by atoms with E-state index in [1.165, 1.54) is 0 Å². The highest BCUT2D eigenvalue weighted by Gasteiger charge is 2.47. The van der Waals surface area contributed by atoms with E-state index >= 15 is 0 Å². The second-order valence-electron chi connectivity index (χ2n) is 5.73. The van der Waals surface area contributed by atoms with Crippen molar-refractivity contribution in [2.75, 3.05) is 6.61 Å². The molecule has 0 aromatic heterocycles. The average molecular weight is 252 g/mol. The quantitative estimate of drug-likeness (QED) is 0.557. The monoisotopic (exact) mass is 252 g/mol. The van der Waals surface area contributed by atoms with Crippen LogP contribution in [-0.2, 0) is 14.3 Å². The van der Waals surface area contributed by atoms with Crippen LogP contribution in [0.25, 0.3) is 0 Å². The molecular weight excluding hydrogens is 228 g/mol. The van der Waals surface area contributed by atoms with Gasteiger partial charge in [-0.1, -0.05) is 27.4 Å². The van der Waals surface area contributed by atoms with Gasteiger partial charge in [0.05, 0.1) is 6.61 Å². The molecule has 0 amide bonds. The highest BCUT2D eigenvalue weighted by atomic mass is 16.5. The normalized spacial score (nSPS) is 27.6. The lowest BCUT2D eigenvalue weighted by Gasteiger charge is -2.33. The first-order chi connectivity index (χ1) is 8.32. The van der Waals surface area contributed by atoms with Crippen molar-refractivity contribution in [2.24, 2.45) is 17.3 Å². The zero-order valence-electron chi connectivity index (χ0n) is 11.9. The third kappa shape index (κ3) is 2.82. The molecule has 0 aromatic carbocycles. The van der Waals surface area contributed by atoms with E-state index in [0.29, 0.717) is 36.9 Å². The van der Waals surface area contributed by atoms with Crippen LogP contribution in [0.5, 0.6) is 0 Å². The fourth-order valence-electron chi connectivity index (χ4n) is 3.14. The molecule has 1 fully saturated rings. The highest BCUT2D eigenvalue weighted by molar-refractivity contribution is 5.92. The molecule has 18 heavy (non-hydrogen) atoms. The van der Waals surface area contributed by atoms with E-state index in [0.717, 1.165) is 6.42 Å². The molecule has 1 saturated carbocycles. The molecule has 1 rings (SSSR count). The van der Waals surface area contributed by atoms with E-state index in [2.05, 4.69) is 20.4 Å². The largest absolute Gasteiger partial charge is 0.463 e. The number of hydrogen-bond acceptors (Lipinski definition) is 3. The summed E-state index contributed by atoms with van der Waals surface area (Å²) < 4.78 is 4.94. The predicted molar refractivity (Wildman–Crippen MR) is 71.1 cm³/mol. The van der Waals surface area contributed by atoms with Crippen molar-refractivity contribution in [3.05, 3.63) is 12.2 Å². The molecule has 2 atom stereocenters. The second-order valence-corrected chi connectivity index (χ2v) is 5.73. The van der Waals surface area contributed by atoms with E-state index in [-0.39, 0.29) is 11.8 Å². The summed E-state index contributed by atoms with van der Waals surface area (Å²) in [6.45, 7) is 12.1. The van der Waals surface area contributed by atoms with E-state index in [1.807, 2.05) is 6.92 Å². The summed E-state index contributed by atoms with van der Waals surface area (Å²) in [5.41, 5.74) is -0.0295. The number of ether oxygens (including phenoxy) is 1. The van der Waals surface area contributed by atoms with Crippen molar-refractivity contribution in [2.45, 2.75) is 47.0 Å². The Balaban J connectivity index is 2.81. The summed E-state index contributed by atoms with van der Waals surface area (Å²) in [5.74, 6) is 0.653. The zero-order valence-corrected chi connectivity index (χ0v) is 11.9. The Bertz CT molecular complexity index is 357. The molecule has 102 valence electrons. The van der Waals surface area contributed by atoms with E-state index in [4.69, 9.17) is 4.74 Å². The maximum Gasteiger partial charge on any atom is 0.333 e. The molecule has 0 aliphatic heterocycles. The van der Waals surface area contributed by atoms with Crippen molar-refractivity contribution in [1.29, 1.82) is 0 Å². The van der Waals surface area contributed by atoms with Gasteiger partial charge in [-0.05, 0) is 31.6 Å². The Morgan fingerprint density at radius 1 is 1.56 bits per heavy atom. The van der Waals surface area contributed by atoms with Crippen LogP contribution in [-0.4, -0.2) is 18.4 Å². The van der Waals surface area contributed by atoms with Crippen LogP contribution in [0.2, 0.25) is 0 Å². The lowest BCUT2D eigenvalue weighted by Crippen LogP contribution is -2.33. The molecule has 1 aliphatic rings. The second kappa shape index (κ2) is 5.68. The Morgan fingerprint density at radius 2 is 2.17 bits per heavy atom. The van der Waals surface area contributed by atoms with E-state index in [9.17, 15) is 9.59 Å². The minimum atomic E-state index is -0.446. The molecule has 0 heterocycles. The summed E-state index contributed by atoms with van der Waals surface area (Å²) in [5, 5.41) is 0. The smallest absolute Gasteiger partial charge is 0.333 e. The van der Waals surface area contributed by atoms with Gasteiger partial charge in [0.25, 0.3) is 0 Å². The SMILES string of the molecule is C=C(C[C@]1(C)C(=O)CC[C@H]1C(C)C)C(=O)OCC. The van der Waals surface area contributed by atoms with Gasteiger partial charge >= 0.3 is 5.97 Å². The van der Waals surface area contributed by atoms with Crippen molar-refractivity contribution < 1.29 is 14.3 Å². The molecule has 3 nitrogen and oxygen atoms in total. The van der Waals surface area contributed by atoms with Gasteiger partial charge in [0, 0.05) is 17.4 Å². The number of rotatable bonds is 5. The third-order valence-electron chi connectivity index (χ3n) is 4.09. The zero-order chi connectivity index (χ0) is 13.9. The molecule has 0 aromatic rings. The predicted octanol–water partition coefficient (Wildman–Crippen LogP) is 3.14. The number of carbonyl (C=O) groups excluding carboxylic acids is 2. The Hall–Kier alpha value is -1.12. The molecule has 1 aliphatic carbocycles. The van der Waals surface area contributed by atoms with Gasteiger partial charge in [0.15, 0.2) is 0 Å². The van der Waals surface area contributed by atoms with E-state index in [1.54, 1.807) is 6.92 Å². The van der Waals surface area contributed by atoms with Crippen LogP contribution in [0, 0.1) is 17.3 Å². The first kappa shape index (κ1) is 14.9. The van der Waals surface area contributed by atoms with E-state index < -0.39 is 5.41 Å². The fraction of sp³-hybridized carbons (Fsp3) is 0.733. The van der Waals surface area contributed by atoms with Crippen LogP contribution in [0.3, 0.4) is 0 Å². The molecule has 0 radical (unpaired) electrons. The number of carbonyl (C=O) groups is 2. The summed E-state index contributed by atoms with van der Waals surface area (Å²) in [6.07, 6.45) is 1.96. The molecule has 0 bridgehead atoms. The van der Waals surface area contributed by atoms with Gasteiger partial charge in [-0.15, -0.1) is 0 Å². The van der Waals surface area contributed by atoms with Crippen LogP contribution in [0.4, 0.5) is 0 Å². The Morgan fingerprint density at radius 3 is 2.67 bits per heavy atom. The Labute approximate surface area is 110 Å². The van der Waals surface area contributed by atoms with Gasteiger partial charge in [-0.25, -0.2) is 4.79 Å². The maximum atomic E-state index is 12.1. The first-order valence-electron chi connectivity index (χ1n) is 6.71. The molecule has 0 spiro atoms. The number of Topliss-reactive ketones (excluding diaryl/α,β-unsaturated/α-hetero) is 1. The van der Waals surface area contributed by atoms with Gasteiger partial charge in [-0.2, -0.15) is 0 Å². The lowest BCUT2D eigenvalue weighted by atomic mass is 9.70. The Kier molecular flexibility index (Phi) is 4.71. The number of hydrogen-bond donors (Lipinski definition) is 0.